The second-order valence-electron chi connectivity index (χ2n) is 9.76. The van der Waals surface area contributed by atoms with Gasteiger partial charge in [-0.25, -0.2) is 0 Å². The highest BCUT2D eigenvalue weighted by atomic mass is 14.2. The summed E-state index contributed by atoms with van der Waals surface area (Å²) in [7, 11) is 0. The molecule has 0 aliphatic heterocycles. The van der Waals surface area contributed by atoms with Gasteiger partial charge in [0.1, 0.15) is 0 Å². The smallest absolute Gasteiger partial charge is 0.0318 e. The normalized spacial score (nSPS) is 27.3. The van der Waals surface area contributed by atoms with Crippen LogP contribution in [-0.4, -0.2) is 0 Å². The van der Waals surface area contributed by atoms with Crippen LogP contribution in [0.15, 0.2) is 11.6 Å². The van der Waals surface area contributed by atoms with Gasteiger partial charge in [-0.05, 0) is 38.0 Å². The van der Waals surface area contributed by atoms with Crippen molar-refractivity contribution < 1.29 is 0 Å². The van der Waals surface area contributed by atoms with Crippen molar-refractivity contribution in [3.63, 3.8) is 0 Å². The van der Waals surface area contributed by atoms with Crippen LogP contribution in [0.2, 0.25) is 0 Å². The highest BCUT2D eigenvalue weighted by Gasteiger charge is 2.13. The molecule has 0 aromatic carbocycles. The van der Waals surface area contributed by atoms with E-state index in [2.05, 4.69) is 6.08 Å². The molecule has 0 spiro atoms. The molecule has 3 aliphatic carbocycles. The van der Waals surface area contributed by atoms with Gasteiger partial charge in [-0.2, -0.15) is 0 Å². The van der Waals surface area contributed by atoms with E-state index in [9.17, 15) is 0 Å². The minimum Gasteiger partial charge on any atom is -0.0851 e. The summed E-state index contributed by atoms with van der Waals surface area (Å²) in [5.74, 6) is 1.02. The molecule has 1 atom stereocenters. The number of hydrogen-bond acceptors (Lipinski definition) is 0. The first-order chi connectivity index (χ1) is 13.4. The summed E-state index contributed by atoms with van der Waals surface area (Å²) in [6, 6.07) is 0. The summed E-state index contributed by atoms with van der Waals surface area (Å²) in [5.41, 5.74) is 1.80. The lowest BCUT2D eigenvalue weighted by Gasteiger charge is -2.22. The second kappa shape index (κ2) is 16.7. The summed E-state index contributed by atoms with van der Waals surface area (Å²) in [4.78, 5) is 0. The van der Waals surface area contributed by atoms with E-state index in [1.165, 1.54) is 154 Å². The average molecular weight is 375 g/mol. The van der Waals surface area contributed by atoms with Gasteiger partial charge in [0, 0.05) is 0 Å². The maximum absolute atomic E-state index is 2.63. The summed E-state index contributed by atoms with van der Waals surface area (Å²) in [6.45, 7) is 0. The first kappa shape index (κ1) is 23.0. The largest absolute Gasteiger partial charge is 0.0851 e. The molecule has 3 rings (SSSR count). The Balaban J connectivity index is 1.59. The minimum absolute atomic E-state index is 1.02. The third-order valence-electron chi connectivity index (χ3n) is 7.22. The Bertz CT molecular complexity index is 353. The molecule has 1 saturated carbocycles. The fraction of sp³-hybridized carbons (Fsp3) is 0.926. The topological polar surface area (TPSA) is 0 Å². The lowest BCUT2D eigenvalue weighted by Crippen LogP contribution is -2.06. The fourth-order valence-electron chi connectivity index (χ4n) is 5.22. The molecule has 0 N–H and O–H groups in total. The maximum atomic E-state index is 2.63. The van der Waals surface area contributed by atoms with Crippen LogP contribution in [0.1, 0.15) is 154 Å². The van der Waals surface area contributed by atoms with E-state index in [0.717, 1.165) is 5.92 Å². The Morgan fingerprint density at radius 2 is 0.815 bits per heavy atom. The molecule has 1 unspecified atom stereocenters. The maximum Gasteiger partial charge on any atom is -0.0318 e. The van der Waals surface area contributed by atoms with Gasteiger partial charge in [0.25, 0.3) is 0 Å². The predicted octanol–water partition coefficient (Wildman–Crippen LogP) is 9.92. The van der Waals surface area contributed by atoms with Gasteiger partial charge in [0.2, 0.25) is 0 Å². The predicted molar refractivity (Wildman–Crippen MR) is 122 cm³/mol. The zero-order valence-electron chi connectivity index (χ0n) is 18.6. The van der Waals surface area contributed by atoms with E-state index in [1.54, 1.807) is 5.57 Å². The van der Waals surface area contributed by atoms with E-state index >= 15 is 0 Å². The molecule has 3 aliphatic rings. The van der Waals surface area contributed by atoms with E-state index in [0.29, 0.717) is 0 Å². The van der Waals surface area contributed by atoms with Crippen LogP contribution in [0.5, 0.6) is 0 Å². The molecule has 0 heteroatoms. The molecular weight excluding hydrogens is 324 g/mol. The van der Waals surface area contributed by atoms with Crippen molar-refractivity contribution in [2.24, 2.45) is 5.92 Å². The van der Waals surface area contributed by atoms with E-state index in [1.807, 2.05) is 0 Å². The van der Waals surface area contributed by atoms with Crippen molar-refractivity contribution in [3.8, 4) is 0 Å². The SMILES string of the molecule is C1=C2CCCCCCCCCCCCCCCCCCCCCC(C1)CC2. The summed E-state index contributed by atoms with van der Waals surface area (Å²) < 4.78 is 0. The van der Waals surface area contributed by atoms with Gasteiger partial charge < -0.3 is 0 Å². The molecule has 2 bridgehead atoms. The number of rotatable bonds is 0. The van der Waals surface area contributed by atoms with Gasteiger partial charge in [-0.1, -0.05) is 134 Å². The molecule has 0 radical (unpaired) electrons. The van der Waals surface area contributed by atoms with Crippen LogP contribution in [-0.2, 0) is 0 Å². The third kappa shape index (κ3) is 12.7. The molecule has 1 fully saturated rings. The van der Waals surface area contributed by atoms with E-state index in [4.69, 9.17) is 0 Å². The molecule has 27 heavy (non-hydrogen) atoms. The Kier molecular flexibility index (Phi) is 14.2. The van der Waals surface area contributed by atoms with Crippen molar-refractivity contribution in [3.05, 3.63) is 11.6 Å². The summed E-state index contributed by atoms with van der Waals surface area (Å²) in [5, 5.41) is 0. The van der Waals surface area contributed by atoms with Gasteiger partial charge in [0.15, 0.2) is 0 Å². The highest BCUT2D eigenvalue weighted by molar-refractivity contribution is 5.06. The third-order valence-corrected chi connectivity index (χ3v) is 7.22. The van der Waals surface area contributed by atoms with E-state index < -0.39 is 0 Å². The van der Waals surface area contributed by atoms with Crippen molar-refractivity contribution in [1.82, 2.24) is 0 Å². The fourth-order valence-corrected chi connectivity index (χ4v) is 5.22. The van der Waals surface area contributed by atoms with Crippen LogP contribution in [0, 0.1) is 5.92 Å². The molecular formula is C27H50. The van der Waals surface area contributed by atoms with Gasteiger partial charge in [-0.15, -0.1) is 0 Å². The molecule has 0 heterocycles. The van der Waals surface area contributed by atoms with Gasteiger partial charge in [-0.3, -0.25) is 0 Å². The molecule has 0 saturated heterocycles. The molecule has 0 aromatic rings. The van der Waals surface area contributed by atoms with Crippen LogP contribution in [0.3, 0.4) is 0 Å². The monoisotopic (exact) mass is 374 g/mol. The first-order valence-corrected chi connectivity index (χ1v) is 13.1. The van der Waals surface area contributed by atoms with Crippen LogP contribution in [0.4, 0.5) is 0 Å². The zero-order chi connectivity index (χ0) is 18.8. The Morgan fingerprint density at radius 1 is 0.407 bits per heavy atom. The van der Waals surface area contributed by atoms with Crippen LogP contribution in [0.25, 0.3) is 0 Å². The Morgan fingerprint density at radius 3 is 1.22 bits per heavy atom. The van der Waals surface area contributed by atoms with Crippen molar-refractivity contribution in [1.29, 1.82) is 0 Å². The summed E-state index contributed by atoms with van der Waals surface area (Å²) in [6.07, 6.45) is 38.2. The zero-order valence-corrected chi connectivity index (χ0v) is 18.6. The molecule has 0 amide bonds. The van der Waals surface area contributed by atoms with E-state index in [-0.39, 0.29) is 0 Å². The standard InChI is InChI=1S/C27H50/c1-2-4-6-8-10-12-14-16-18-20-26-22-24-27(25-23-26)21-19-17-15-13-11-9-7-5-3-1/h22,27H,1-21,23-25H2. The minimum atomic E-state index is 1.02. The van der Waals surface area contributed by atoms with Crippen LogP contribution < -0.4 is 0 Å². The lowest BCUT2D eigenvalue weighted by atomic mass is 9.84. The number of allylic oxidation sites excluding steroid dienone is 2. The highest BCUT2D eigenvalue weighted by Crippen LogP contribution is 2.30. The second-order valence-corrected chi connectivity index (χ2v) is 9.76. The lowest BCUT2D eigenvalue weighted by molar-refractivity contribution is 0.407. The van der Waals surface area contributed by atoms with Crippen molar-refractivity contribution >= 4 is 0 Å². The Hall–Kier alpha value is -0.260. The first-order valence-electron chi connectivity index (χ1n) is 13.1. The quantitative estimate of drug-likeness (QED) is 0.370. The van der Waals surface area contributed by atoms with Crippen molar-refractivity contribution in [2.45, 2.75) is 154 Å². The molecule has 0 nitrogen and oxygen atoms in total. The number of hydrogen-bond donors (Lipinski definition) is 0. The average Bonchev–Trinajstić information content (AvgIpc) is 2.69. The van der Waals surface area contributed by atoms with Gasteiger partial charge >= 0.3 is 0 Å². The molecule has 158 valence electrons. The van der Waals surface area contributed by atoms with Crippen molar-refractivity contribution in [2.75, 3.05) is 0 Å². The van der Waals surface area contributed by atoms with Gasteiger partial charge in [0.05, 0.1) is 0 Å². The van der Waals surface area contributed by atoms with Crippen LogP contribution >= 0.6 is 0 Å². The number of fused-ring (bicyclic) bond motifs is 22. The molecule has 0 aromatic heterocycles. The summed E-state index contributed by atoms with van der Waals surface area (Å²) >= 11 is 0. The Labute approximate surface area is 172 Å².